The molecular formula is C20H21N3O3. The summed E-state index contributed by atoms with van der Waals surface area (Å²) in [5, 5.41) is 6.83. The summed E-state index contributed by atoms with van der Waals surface area (Å²) in [6.45, 7) is 4.56. The summed E-state index contributed by atoms with van der Waals surface area (Å²) in [5.41, 5.74) is 2.77. The highest BCUT2D eigenvalue weighted by Crippen LogP contribution is 2.20. The van der Waals surface area contributed by atoms with Gasteiger partial charge in [0.25, 0.3) is 0 Å². The van der Waals surface area contributed by atoms with Crippen molar-refractivity contribution in [3.05, 3.63) is 60.0 Å². The van der Waals surface area contributed by atoms with Crippen LogP contribution in [0.2, 0.25) is 0 Å². The second-order valence-electron chi connectivity index (χ2n) is 5.88. The van der Waals surface area contributed by atoms with Crippen LogP contribution >= 0.6 is 0 Å². The number of nitrogens with one attached hydrogen (secondary N) is 1. The number of nitrogens with zero attached hydrogens (tertiary/aromatic N) is 2. The first-order valence-electron chi connectivity index (χ1n) is 8.56. The summed E-state index contributed by atoms with van der Waals surface area (Å²) < 4.78 is 10.7. The minimum Gasteiger partial charge on any atom is -0.494 e. The van der Waals surface area contributed by atoms with Gasteiger partial charge in [0.05, 0.1) is 6.61 Å². The molecular weight excluding hydrogens is 330 g/mol. The molecule has 3 rings (SSSR count). The Morgan fingerprint density at radius 2 is 1.85 bits per heavy atom. The Morgan fingerprint density at radius 3 is 2.54 bits per heavy atom. The summed E-state index contributed by atoms with van der Waals surface area (Å²) in [6, 6.07) is 15.2. The number of aromatic nitrogens is 2. The topological polar surface area (TPSA) is 77.2 Å². The third kappa shape index (κ3) is 4.69. The van der Waals surface area contributed by atoms with Gasteiger partial charge in [0, 0.05) is 24.1 Å². The Kier molecular flexibility index (Phi) is 5.63. The number of amides is 1. The van der Waals surface area contributed by atoms with Crippen LogP contribution < -0.4 is 10.1 Å². The van der Waals surface area contributed by atoms with Gasteiger partial charge in [0.15, 0.2) is 0 Å². The smallest absolute Gasteiger partial charge is 0.227 e. The summed E-state index contributed by atoms with van der Waals surface area (Å²) in [4.78, 5) is 16.4. The van der Waals surface area contributed by atoms with E-state index in [1.807, 2.05) is 62.4 Å². The number of ether oxygens (including phenoxy) is 1. The molecule has 26 heavy (non-hydrogen) atoms. The van der Waals surface area contributed by atoms with E-state index in [1.165, 1.54) is 0 Å². The van der Waals surface area contributed by atoms with Crippen molar-refractivity contribution in [2.24, 2.45) is 0 Å². The summed E-state index contributed by atoms with van der Waals surface area (Å²) in [7, 11) is 0. The molecule has 3 aromatic rings. The van der Waals surface area contributed by atoms with E-state index in [9.17, 15) is 4.79 Å². The van der Waals surface area contributed by atoms with Crippen LogP contribution in [0.1, 0.15) is 24.8 Å². The predicted octanol–water partition coefficient (Wildman–Crippen LogP) is 4.02. The van der Waals surface area contributed by atoms with Gasteiger partial charge in [-0.1, -0.05) is 22.9 Å². The fourth-order valence-corrected chi connectivity index (χ4v) is 2.42. The maximum atomic E-state index is 12.0. The number of hydrogen-bond donors (Lipinski definition) is 1. The fourth-order valence-electron chi connectivity index (χ4n) is 2.42. The van der Waals surface area contributed by atoms with Crippen molar-refractivity contribution in [1.82, 2.24) is 10.1 Å². The summed E-state index contributed by atoms with van der Waals surface area (Å²) >= 11 is 0. The van der Waals surface area contributed by atoms with Gasteiger partial charge in [0.2, 0.25) is 17.6 Å². The van der Waals surface area contributed by atoms with Crippen molar-refractivity contribution < 1.29 is 14.1 Å². The van der Waals surface area contributed by atoms with E-state index in [2.05, 4.69) is 15.5 Å². The van der Waals surface area contributed by atoms with Gasteiger partial charge in [-0.15, -0.1) is 0 Å². The molecule has 0 saturated heterocycles. The van der Waals surface area contributed by atoms with Crippen LogP contribution in [-0.4, -0.2) is 22.7 Å². The lowest BCUT2D eigenvalue weighted by Gasteiger charge is -2.04. The van der Waals surface area contributed by atoms with Crippen molar-refractivity contribution in [2.45, 2.75) is 26.7 Å². The first-order valence-corrected chi connectivity index (χ1v) is 8.56. The molecule has 0 saturated carbocycles. The molecule has 0 atom stereocenters. The van der Waals surface area contributed by atoms with Gasteiger partial charge < -0.3 is 14.6 Å². The maximum Gasteiger partial charge on any atom is 0.227 e. The van der Waals surface area contributed by atoms with Crippen LogP contribution in [-0.2, 0) is 11.2 Å². The number of benzene rings is 2. The quantitative estimate of drug-likeness (QED) is 0.696. The fraction of sp³-hybridized carbons (Fsp3) is 0.250. The van der Waals surface area contributed by atoms with E-state index >= 15 is 0 Å². The Balaban J connectivity index is 1.54. The Bertz CT molecular complexity index is 855. The second-order valence-corrected chi connectivity index (χ2v) is 5.88. The highest BCUT2D eigenvalue weighted by molar-refractivity contribution is 5.90. The minimum atomic E-state index is -0.0883. The first kappa shape index (κ1) is 17.7. The van der Waals surface area contributed by atoms with Gasteiger partial charge >= 0.3 is 0 Å². The van der Waals surface area contributed by atoms with Crippen molar-refractivity contribution >= 4 is 11.6 Å². The van der Waals surface area contributed by atoms with Crippen LogP contribution in [0.5, 0.6) is 5.75 Å². The summed E-state index contributed by atoms with van der Waals surface area (Å²) in [6.07, 6.45) is 0.667. The number of aryl methyl sites for hydroxylation is 2. The Labute approximate surface area is 152 Å². The molecule has 6 heteroatoms. The van der Waals surface area contributed by atoms with Crippen LogP contribution in [0.25, 0.3) is 11.4 Å². The van der Waals surface area contributed by atoms with Crippen LogP contribution in [0.3, 0.4) is 0 Å². The van der Waals surface area contributed by atoms with Crippen molar-refractivity contribution in [3.8, 4) is 17.1 Å². The number of carbonyl (C=O) groups is 1. The minimum absolute atomic E-state index is 0.0883. The predicted molar refractivity (Wildman–Crippen MR) is 99.0 cm³/mol. The first-order chi connectivity index (χ1) is 12.6. The Morgan fingerprint density at radius 1 is 1.12 bits per heavy atom. The zero-order valence-electron chi connectivity index (χ0n) is 14.9. The normalized spacial score (nSPS) is 10.5. The second kappa shape index (κ2) is 8.29. The monoisotopic (exact) mass is 351 g/mol. The third-order valence-corrected chi connectivity index (χ3v) is 3.79. The lowest BCUT2D eigenvalue weighted by molar-refractivity contribution is -0.116. The molecule has 0 aliphatic carbocycles. The molecule has 1 heterocycles. The van der Waals surface area contributed by atoms with Crippen molar-refractivity contribution in [2.75, 3.05) is 11.9 Å². The average molecular weight is 351 g/mol. The molecule has 0 radical (unpaired) electrons. The molecule has 0 aliphatic heterocycles. The van der Waals surface area contributed by atoms with Crippen molar-refractivity contribution in [1.29, 1.82) is 0 Å². The van der Waals surface area contributed by atoms with Crippen molar-refractivity contribution in [3.63, 3.8) is 0 Å². The van der Waals surface area contributed by atoms with Gasteiger partial charge in [-0.3, -0.25) is 4.79 Å². The molecule has 1 amide bonds. The number of hydrogen-bond acceptors (Lipinski definition) is 5. The number of rotatable bonds is 7. The number of carbonyl (C=O) groups excluding carboxylic acids is 1. The Hall–Kier alpha value is -3.15. The average Bonchev–Trinajstić information content (AvgIpc) is 3.12. The molecule has 0 bridgehead atoms. The van der Waals surface area contributed by atoms with E-state index in [0.29, 0.717) is 24.7 Å². The highest BCUT2D eigenvalue weighted by Gasteiger charge is 2.11. The molecule has 0 unspecified atom stereocenters. The molecule has 1 N–H and O–H groups in total. The SMILES string of the molecule is CCOc1ccc(-c2noc(CCC(=O)Nc3ccc(C)cc3)n2)cc1. The third-order valence-electron chi connectivity index (χ3n) is 3.79. The van der Waals surface area contributed by atoms with Gasteiger partial charge in [-0.05, 0) is 50.2 Å². The van der Waals surface area contributed by atoms with Crippen LogP contribution in [0, 0.1) is 6.92 Å². The van der Waals surface area contributed by atoms with E-state index in [4.69, 9.17) is 9.26 Å². The zero-order valence-corrected chi connectivity index (χ0v) is 14.9. The molecule has 1 aromatic heterocycles. The van der Waals surface area contributed by atoms with E-state index in [1.54, 1.807) is 0 Å². The van der Waals surface area contributed by atoms with Gasteiger partial charge in [0.1, 0.15) is 5.75 Å². The van der Waals surface area contributed by atoms with E-state index in [0.717, 1.165) is 22.6 Å². The molecule has 0 fully saturated rings. The molecule has 0 aliphatic rings. The lowest BCUT2D eigenvalue weighted by atomic mass is 10.2. The molecule has 6 nitrogen and oxygen atoms in total. The van der Waals surface area contributed by atoms with Crippen LogP contribution in [0.4, 0.5) is 5.69 Å². The van der Waals surface area contributed by atoms with Gasteiger partial charge in [-0.2, -0.15) is 4.98 Å². The highest BCUT2D eigenvalue weighted by atomic mass is 16.5. The lowest BCUT2D eigenvalue weighted by Crippen LogP contribution is -2.12. The van der Waals surface area contributed by atoms with E-state index in [-0.39, 0.29) is 12.3 Å². The molecule has 2 aromatic carbocycles. The molecule has 0 spiro atoms. The zero-order chi connectivity index (χ0) is 18.4. The molecule has 134 valence electrons. The largest absolute Gasteiger partial charge is 0.494 e. The maximum absolute atomic E-state index is 12.0. The standard InChI is InChI=1S/C20H21N3O3/c1-3-25-17-10-6-15(7-11-17)20-22-19(26-23-20)13-12-18(24)21-16-8-4-14(2)5-9-16/h4-11H,3,12-13H2,1-2H3,(H,21,24). The van der Waals surface area contributed by atoms with Crippen LogP contribution in [0.15, 0.2) is 53.1 Å². The summed E-state index contributed by atoms with van der Waals surface area (Å²) in [5.74, 6) is 1.65. The number of anilines is 1. The van der Waals surface area contributed by atoms with E-state index < -0.39 is 0 Å². The van der Waals surface area contributed by atoms with Gasteiger partial charge in [-0.25, -0.2) is 0 Å².